The van der Waals surface area contributed by atoms with Crippen molar-refractivity contribution in [3.63, 3.8) is 0 Å². The third-order valence-electron chi connectivity index (χ3n) is 4.60. The van der Waals surface area contributed by atoms with Crippen molar-refractivity contribution in [1.82, 2.24) is 5.32 Å². The summed E-state index contributed by atoms with van der Waals surface area (Å²) in [5, 5.41) is 3.51. The first-order valence-corrected chi connectivity index (χ1v) is 7.46. The Balaban J connectivity index is 2.16. The van der Waals surface area contributed by atoms with Gasteiger partial charge in [0.15, 0.2) is 0 Å². The highest BCUT2D eigenvalue weighted by Crippen LogP contribution is 2.38. The van der Waals surface area contributed by atoms with Crippen molar-refractivity contribution in [1.29, 1.82) is 0 Å². The zero-order chi connectivity index (χ0) is 14.6. The number of benzene rings is 1. The molecule has 3 unspecified atom stereocenters. The van der Waals surface area contributed by atoms with E-state index in [0.29, 0.717) is 18.4 Å². The summed E-state index contributed by atoms with van der Waals surface area (Å²) < 4.78 is 5.10. The molecule has 3 atom stereocenters. The molecule has 1 aromatic rings. The van der Waals surface area contributed by atoms with Gasteiger partial charge in [0.05, 0.1) is 7.11 Å². The highest BCUT2D eigenvalue weighted by atomic mass is 16.5. The van der Waals surface area contributed by atoms with E-state index in [4.69, 9.17) is 4.74 Å². The molecule has 3 nitrogen and oxygen atoms in total. The Bertz CT molecular complexity index is 446. The number of hydrogen-bond donors (Lipinski definition) is 1. The molecule has 1 aliphatic carbocycles. The van der Waals surface area contributed by atoms with Crippen molar-refractivity contribution in [3.8, 4) is 0 Å². The molecule has 1 aromatic carbocycles. The Morgan fingerprint density at radius 2 is 2.00 bits per heavy atom. The summed E-state index contributed by atoms with van der Waals surface area (Å²) in [7, 11) is 1.49. The molecule has 0 aliphatic heterocycles. The molecule has 3 heteroatoms. The molecule has 0 amide bonds. The van der Waals surface area contributed by atoms with Crippen LogP contribution in [-0.2, 0) is 16.1 Å². The minimum Gasteiger partial charge on any atom is -0.468 e. The van der Waals surface area contributed by atoms with E-state index in [1.165, 1.54) is 19.1 Å². The minimum absolute atomic E-state index is 0.118. The smallest absolute Gasteiger partial charge is 0.326 e. The third-order valence-corrected chi connectivity index (χ3v) is 4.60. The van der Waals surface area contributed by atoms with Crippen LogP contribution in [0.25, 0.3) is 0 Å². The standard InChI is InChI=1S/C17H25NO2/c1-13-9-10-14(2)17(11-13,16(19)20-3)18-12-15-7-5-4-6-8-15/h4-8,13-14,18H,9-12H2,1-3H3. The maximum absolute atomic E-state index is 12.4. The molecular weight excluding hydrogens is 250 g/mol. The van der Waals surface area contributed by atoms with Crippen molar-refractivity contribution in [2.45, 2.75) is 45.2 Å². The lowest BCUT2D eigenvalue weighted by Gasteiger charge is -2.43. The van der Waals surface area contributed by atoms with Gasteiger partial charge in [-0.05, 0) is 30.2 Å². The lowest BCUT2D eigenvalue weighted by molar-refractivity contribution is -0.153. The van der Waals surface area contributed by atoms with Gasteiger partial charge in [-0.1, -0.05) is 50.6 Å². The van der Waals surface area contributed by atoms with Crippen molar-refractivity contribution < 1.29 is 9.53 Å². The second-order valence-corrected chi connectivity index (χ2v) is 6.09. The first-order valence-electron chi connectivity index (χ1n) is 7.46. The number of ether oxygens (including phenoxy) is 1. The number of rotatable bonds is 4. The van der Waals surface area contributed by atoms with Gasteiger partial charge in [0.2, 0.25) is 0 Å². The first-order chi connectivity index (χ1) is 9.58. The fraction of sp³-hybridized carbons (Fsp3) is 0.588. The molecule has 1 saturated carbocycles. The highest BCUT2D eigenvalue weighted by molar-refractivity contribution is 5.81. The highest BCUT2D eigenvalue weighted by Gasteiger charge is 2.47. The largest absolute Gasteiger partial charge is 0.468 e. The molecule has 0 saturated heterocycles. The van der Waals surface area contributed by atoms with Crippen LogP contribution in [0.1, 0.15) is 38.7 Å². The van der Waals surface area contributed by atoms with Crippen molar-refractivity contribution in [2.75, 3.05) is 7.11 Å². The molecule has 1 N–H and O–H groups in total. The van der Waals surface area contributed by atoms with Crippen LogP contribution in [0.2, 0.25) is 0 Å². The van der Waals surface area contributed by atoms with E-state index in [2.05, 4.69) is 31.3 Å². The van der Waals surface area contributed by atoms with E-state index < -0.39 is 5.54 Å². The van der Waals surface area contributed by atoms with E-state index in [1.807, 2.05) is 18.2 Å². The van der Waals surface area contributed by atoms with Gasteiger partial charge in [0, 0.05) is 6.54 Å². The summed E-state index contributed by atoms with van der Waals surface area (Å²) in [6.45, 7) is 5.07. The zero-order valence-corrected chi connectivity index (χ0v) is 12.7. The summed E-state index contributed by atoms with van der Waals surface area (Å²) >= 11 is 0. The van der Waals surface area contributed by atoms with Gasteiger partial charge < -0.3 is 4.74 Å². The van der Waals surface area contributed by atoms with Crippen molar-refractivity contribution in [3.05, 3.63) is 35.9 Å². The van der Waals surface area contributed by atoms with Crippen LogP contribution in [0, 0.1) is 11.8 Å². The average Bonchev–Trinajstić information content (AvgIpc) is 2.48. The van der Waals surface area contributed by atoms with Crippen LogP contribution >= 0.6 is 0 Å². The fourth-order valence-electron chi connectivity index (χ4n) is 3.27. The normalized spacial score (nSPS) is 29.9. The van der Waals surface area contributed by atoms with Gasteiger partial charge in [0.25, 0.3) is 0 Å². The number of nitrogens with one attached hydrogen (secondary N) is 1. The second kappa shape index (κ2) is 6.40. The van der Waals surface area contributed by atoms with Gasteiger partial charge in [-0.25, -0.2) is 0 Å². The summed E-state index contributed by atoms with van der Waals surface area (Å²) in [5.74, 6) is 0.732. The monoisotopic (exact) mass is 275 g/mol. The van der Waals surface area contributed by atoms with Crippen molar-refractivity contribution in [2.24, 2.45) is 11.8 Å². The lowest BCUT2D eigenvalue weighted by Crippen LogP contribution is -2.59. The van der Waals surface area contributed by atoms with Gasteiger partial charge >= 0.3 is 5.97 Å². The van der Waals surface area contributed by atoms with Crippen LogP contribution in [0.4, 0.5) is 0 Å². The fourth-order valence-corrected chi connectivity index (χ4v) is 3.27. The number of hydrogen-bond acceptors (Lipinski definition) is 3. The van der Waals surface area contributed by atoms with E-state index >= 15 is 0 Å². The molecule has 2 rings (SSSR count). The molecule has 1 fully saturated rings. The van der Waals surface area contributed by atoms with Gasteiger partial charge in [-0.2, -0.15) is 0 Å². The Labute approximate surface area is 121 Å². The molecule has 0 radical (unpaired) electrons. The SMILES string of the molecule is COC(=O)C1(NCc2ccccc2)CC(C)CCC1C. The second-order valence-electron chi connectivity index (χ2n) is 6.09. The maximum atomic E-state index is 12.4. The Kier molecular flexibility index (Phi) is 4.81. The minimum atomic E-state index is -0.539. The Morgan fingerprint density at radius 1 is 1.30 bits per heavy atom. The van der Waals surface area contributed by atoms with Gasteiger partial charge in [-0.3, -0.25) is 10.1 Å². The lowest BCUT2D eigenvalue weighted by atomic mass is 9.69. The Morgan fingerprint density at radius 3 is 2.65 bits per heavy atom. The Hall–Kier alpha value is -1.35. The summed E-state index contributed by atoms with van der Waals surface area (Å²) in [5.41, 5.74) is 0.656. The number of carbonyl (C=O) groups excluding carboxylic acids is 1. The quantitative estimate of drug-likeness (QED) is 0.858. The van der Waals surface area contributed by atoms with E-state index in [0.717, 1.165) is 12.8 Å². The zero-order valence-electron chi connectivity index (χ0n) is 12.7. The van der Waals surface area contributed by atoms with Gasteiger partial charge in [-0.15, -0.1) is 0 Å². The van der Waals surface area contributed by atoms with E-state index in [-0.39, 0.29) is 5.97 Å². The molecule has 20 heavy (non-hydrogen) atoms. The van der Waals surface area contributed by atoms with E-state index in [9.17, 15) is 4.79 Å². The number of esters is 1. The molecule has 0 heterocycles. The average molecular weight is 275 g/mol. The molecule has 1 aliphatic rings. The predicted octanol–water partition coefficient (Wildman–Crippen LogP) is 3.14. The predicted molar refractivity (Wildman–Crippen MR) is 80.2 cm³/mol. The topological polar surface area (TPSA) is 38.3 Å². The number of methoxy groups -OCH3 is 1. The summed E-state index contributed by atoms with van der Waals surface area (Å²) in [6.07, 6.45) is 3.11. The van der Waals surface area contributed by atoms with Crippen molar-refractivity contribution >= 4 is 5.97 Å². The van der Waals surface area contributed by atoms with Crippen LogP contribution in [-0.4, -0.2) is 18.6 Å². The first kappa shape index (κ1) is 15.0. The third kappa shape index (κ3) is 3.04. The summed E-state index contributed by atoms with van der Waals surface area (Å²) in [4.78, 5) is 12.4. The van der Waals surface area contributed by atoms with Crippen LogP contribution < -0.4 is 5.32 Å². The summed E-state index contributed by atoms with van der Waals surface area (Å²) in [6, 6.07) is 10.2. The number of carbonyl (C=O) groups is 1. The molecule has 0 bridgehead atoms. The molecule has 0 spiro atoms. The van der Waals surface area contributed by atoms with Crippen LogP contribution in [0.3, 0.4) is 0 Å². The van der Waals surface area contributed by atoms with E-state index in [1.54, 1.807) is 0 Å². The molecular formula is C17H25NO2. The van der Waals surface area contributed by atoms with Gasteiger partial charge in [0.1, 0.15) is 5.54 Å². The molecule has 0 aromatic heterocycles. The van der Waals surface area contributed by atoms with Crippen LogP contribution in [0.15, 0.2) is 30.3 Å². The molecule has 110 valence electrons. The maximum Gasteiger partial charge on any atom is 0.326 e. The van der Waals surface area contributed by atoms with Crippen LogP contribution in [0.5, 0.6) is 0 Å².